The lowest BCUT2D eigenvalue weighted by Crippen LogP contribution is -2.68. The zero-order valence-corrected chi connectivity index (χ0v) is 30.2. The first-order valence-corrected chi connectivity index (χ1v) is 18.3. The van der Waals surface area contributed by atoms with Gasteiger partial charge in [-0.1, -0.05) is 37.5 Å². The minimum Gasteiger partial charge on any atom is -0.493 e. The SMILES string of the molecule is C#CC1(c2ccccc2OCCCC(=O)O)CCN(C(=O)[C@]2(Oc3csc(C(F)(F)F)c3)CCCN(C(=O)c3cnccc3C(F)(F)F)[C@@H]2CCC)CC1. The first-order valence-electron chi connectivity index (χ1n) is 17.4. The number of para-hydroxylation sites is 1. The summed E-state index contributed by atoms with van der Waals surface area (Å²) < 4.78 is 95.5. The summed E-state index contributed by atoms with van der Waals surface area (Å²) in [5, 5.41) is 10.1. The highest BCUT2D eigenvalue weighted by Crippen LogP contribution is 2.45. The third-order valence-corrected chi connectivity index (χ3v) is 10.9. The maximum Gasteiger partial charge on any atom is 0.425 e. The van der Waals surface area contributed by atoms with Crippen LogP contribution in [0.5, 0.6) is 11.5 Å². The highest BCUT2D eigenvalue weighted by molar-refractivity contribution is 7.10. The van der Waals surface area contributed by atoms with Crippen LogP contribution >= 0.6 is 11.3 Å². The maximum atomic E-state index is 15.0. The number of rotatable bonds is 12. The Morgan fingerprint density at radius 2 is 1.78 bits per heavy atom. The molecule has 5 rings (SSSR count). The predicted octanol–water partition coefficient (Wildman–Crippen LogP) is 7.84. The molecule has 16 heteroatoms. The number of nitrogens with zero attached hydrogens (tertiary/aromatic N) is 3. The van der Waals surface area contributed by atoms with Crippen molar-refractivity contribution in [3.63, 3.8) is 0 Å². The predicted molar refractivity (Wildman–Crippen MR) is 186 cm³/mol. The van der Waals surface area contributed by atoms with Crippen molar-refractivity contribution in [1.29, 1.82) is 0 Å². The van der Waals surface area contributed by atoms with E-state index in [9.17, 15) is 40.7 Å². The molecule has 1 aromatic carbocycles. The number of carbonyl (C=O) groups excluding carboxylic acids is 2. The fourth-order valence-corrected chi connectivity index (χ4v) is 8.02. The number of carboxylic acid groups (broad SMARTS) is 1. The van der Waals surface area contributed by atoms with E-state index in [1.165, 1.54) is 9.80 Å². The molecule has 2 atom stereocenters. The molecule has 0 saturated carbocycles. The molecule has 290 valence electrons. The number of ether oxygens (including phenoxy) is 2. The molecular formula is C38H39F6N3O6S. The van der Waals surface area contributed by atoms with Crippen LogP contribution in [0, 0.1) is 12.3 Å². The topological polar surface area (TPSA) is 109 Å². The number of piperidine rings is 2. The van der Waals surface area contributed by atoms with Crippen LogP contribution in [-0.2, 0) is 27.4 Å². The summed E-state index contributed by atoms with van der Waals surface area (Å²) in [6.45, 7) is 2.01. The zero-order valence-electron chi connectivity index (χ0n) is 29.3. The van der Waals surface area contributed by atoms with Gasteiger partial charge in [-0.3, -0.25) is 19.4 Å². The molecule has 2 aliphatic heterocycles. The Morgan fingerprint density at radius 3 is 2.41 bits per heavy atom. The van der Waals surface area contributed by atoms with E-state index in [-0.39, 0.29) is 76.9 Å². The highest BCUT2D eigenvalue weighted by atomic mass is 32.1. The molecule has 2 aliphatic rings. The summed E-state index contributed by atoms with van der Waals surface area (Å²) in [5.41, 5.74) is -4.12. The van der Waals surface area contributed by atoms with E-state index in [0.717, 1.165) is 23.8 Å². The molecule has 54 heavy (non-hydrogen) atoms. The van der Waals surface area contributed by atoms with E-state index >= 15 is 0 Å². The number of thiophene rings is 1. The number of terminal acetylenes is 1. The second-order valence-corrected chi connectivity index (χ2v) is 14.2. The molecule has 2 amide bonds. The van der Waals surface area contributed by atoms with Gasteiger partial charge in [0.25, 0.3) is 11.8 Å². The smallest absolute Gasteiger partial charge is 0.425 e. The number of carboxylic acids is 1. The van der Waals surface area contributed by atoms with Crippen LogP contribution in [-0.4, -0.2) is 75.6 Å². The monoisotopic (exact) mass is 779 g/mol. The van der Waals surface area contributed by atoms with Crippen LogP contribution in [0.1, 0.15) is 84.7 Å². The van der Waals surface area contributed by atoms with Crippen LogP contribution in [0.2, 0.25) is 0 Å². The quantitative estimate of drug-likeness (QED) is 0.113. The van der Waals surface area contributed by atoms with Crippen LogP contribution in [0.15, 0.2) is 54.2 Å². The van der Waals surface area contributed by atoms with Gasteiger partial charge in [0.15, 0.2) is 0 Å². The molecule has 0 aliphatic carbocycles. The Labute approximate surface area is 312 Å². The normalized spacial score (nSPS) is 20.2. The van der Waals surface area contributed by atoms with E-state index in [4.69, 9.17) is 21.0 Å². The fraction of sp³-hybridized carbons (Fsp3) is 0.474. The molecule has 2 fully saturated rings. The van der Waals surface area contributed by atoms with Gasteiger partial charge in [-0.05, 0) is 44.2 Å². The van der Waals surface area contributed by atoms with Gasteiger partial charge in [-0.2, -0.15) is 26.3 Å². The molecule has 9 nitrogen and oxygen atoms in total. The van der Waals surface area contributed by atoms with Crippen molar-refractivity contribution in [2.24, 2.45) is 0 Å². The molecule has 0 bridgehead atoms. The van der Waals surface area contributed by atoms with Gasteiger partial charge in [0.05, 0.1) is 29.2 Å². The van der Waals surface area contributed by atoms with Gasteiger partial charge in [-0.15, -0.1) is 17.8 Å². The zero-order chi connectivity index (χ0) is 39.3. The van der Waals surface area contributed by atoms with E-state index < -0.39 is 63.2 Å². The summed E-state index contributed by atoms with van der Waals surface area (Å²) in [4.78, 5) is 45.4. The van der Waals surface area contributed by atoms with Crippen molar-refractivity contribution >= 4 is 29.1 Å². The van der Waals surface area contributed by atoms with Gasteiger partial charge >= 0.3 is 18.3 Å². The molecule has 2 saturated heterocycles. The van der Waals surface area contributed by atoms with Crippen molar-refractivity contribution in [2.45, 2.75) is 87.7 Å². The van der Waals surface area contributed by atoms with Gasteiger partial charge in [-0.25, -0.2) is 0 Å². The number of halogens is 6. The number of likely N-dealkylation sites (tertiary alicyclic amines) is 2. The molecule has 2 aromatic heterocycles. The summed E-state index contributed by atoms with van der Waals surface area (Å²) in [6, 6.07) is 7.37. The first kappa shape index (κ1) is 40.4. The third kappa shape index (κ3) is 8.46. The lowest BCUT2D eigenvalue weighted by atomic mass is 9.72. The first-order chi connectivity index (χ1) is 25.6. The van der Waals surface area contributed by atoms with E-state index in [1.54, 1.807) is 31.2 Å². The van der Waals surface area contributed by atoms with Gasteiger partial charge < -0.3 is 24.4 Å². The van der Waals surface area contributed by atoms with Crippen molar-refractivity contribution in [3.8, 4) is 23.8 Å². The number of benzene rings is 1. The molecule has 4 heterocycles. The van der Waals surface area contributed by atoms with Crippen molar-refractivity contribution in [2.75, 3.05) is 26.2 Å². The second-order valence-electron chi connectivity index (χ2n) is 13.3. The number of hydrogen-bond acceptors (Lipinski definition) is 7. The maximum absolute atomic E-state index is 15.0. The largest absolute Gasteiger partial charge is 0.493 e. The molecular weight excluding hydrogens is 740 g/mol. The van der Waals surface area contributed by atoms with Gasteiger partial charge in [0.2, 0.25) is 5.60 Å². The van der Waals surface area contributed by atoms with Crippen molar-refractivity contribution in [1.82, 2.24) is 14.8 Å². The number of alkyl halides is 6. The minimum absolute atomic E-state index is 0.0273. The van der Waals surface area contributed by atoms with Gasteiger partial charge in [0, 0.05) is 61.9 Å². The Bertz CT molecular complexity index is 1870. The Morgan fingerprint density at radius 1 is 1.06 bits per heavy atom. The second kappa shape index (κ2) is 16.3. The number of aliphatic carboxylic acids is 1. The molecule has 0 unspecified atom stereocenters. The average Bonchev–Trinajstić information content (AvgIpc) is 3.63. The number of amides is 2. The van der Waals surface area contributed by atoms with Gasteiger partial charge in [0.1, 0.15) is 16.4 Å². The summed E-state index contributed by atoms with van der Waals surface area (Å²) in [5.74, 6) is 0.486. The lowest BCUT2D eigenvalue weighted by Gasteiger charge is -2.51. The standard InChI is InChI=1S/C38H39F6N3O6S/c1-3-9-30-36(53-25-22-31(54-24-25)38(42,43)44,14-8-18-47(30)33(50)26-23-45-17-13-27(26)37(39,40)41)34(51)46-19-15-35(4-2,16-20-46)28-10-5-6-11-29(28)52-21-7-12-32(48)49/h2,5-6,10-11,13,17,22-24,30H,3,7-9,12,14-16,18-21H2,1H3,(H,48,49)/t30-,36+/m1/s1. The summed E-state index contributed by atoms with van der Waals surface area (Å²) in [6.07, 6.45) is -0.531. The molecule has 1 N–H and O–H groups in total. The van der Waals surface area contributed by atoms with E-state index in [1.807, 2.05) is 0 Å². The van der Waals surface area contributed by atoms with Crippen LogP contribution < -0.4 is 9.47 Å². The third-order valence-electron chi connectivity index (χ3n) is 9.93. The number of hydrogen-bond donors (Lipinski definition) is 1. The fourth-order valence-electron chi connectivity index (χ4n) is 7.35. The summed E-state index contributed by atoms with van der Waals surface area (Å²) in [7, 11) is 0. The Hall–Kier alpha value is -4.78. The summed E-state index contributed by atoms with van der Waals surface area (Å²) >= 11 is 0.372. The van der Waals surface area contributed by atoms with E-state index in [0.29, 0.717) is 35.1 Å². The Kier molecular flexibility index (Phi) is 12.2. The van der Waals surface area contributed by atoms with Crippen molar-refractivity contribution < 1.29 is 55.3 Å². The molecule has 0 spiro atoms. The van der Waals surface area contributed by atoms with Crippen LogP contribution in [0.25, 0.3) is 0 Å². The van der Waals surface area contributed by atoms with Crippen LogP contribution in [0.3, 0.4) is 0 Å². The number of pyridine rings is 1. The van der Waals surface area contributed by atoms with Crippen molar-refractivity contribution in [3.05, 3.63) is 75.7 Å². The van der Waals surface area contributed by atoms with Crippen LogP contribution in [0.4, 0.5) is 26.3 Å². The molecule has 3 aromatic rings. The number of carbonyl (C=O) groups is 3. The highest BCUT2D eigenvalue weighted by Gasteiger charge is 2.56. The number of aromatic nitrogens is 1. The average molecular weight is 780 g/mol. The van der Waals surface area contributed by atoms with E-state index in [2.05, 4.69) is 10.9 Å². The minimum atomic E-state index is -4.89. The Balaban J connectivity index is 1.50. The molecule has 0 radical (unpaired) electrons. The lowest BCUT2D eigenvalue weighted by molar-refractivity contribution is -0.160.